The van der Waals surface area contributed by atoms with E-state index in [2.05, 4.69) is 61.4 Å². The first-order valence-corrected chi connectivity index (χ1v) is 8.77. The second-order valence-corrected chi connectivity index (χ2v) is 7.48. The van der Waals surface area contributed by atoms with Gasteiger partial charge in [0, 0.05) is 28.6 Å². The van der Waals surface area contributed by atoms with E-state index in [4.69, 9.17) is 0 Å². The number of rotatable bonds is 5. The maximum atomic E-state index is 12.5. The van der Waals surface area contributed by atoms with Gasteiger partial charge in [0.1, 0.15) is 0 Å². The summed E-state index contributed by atoms with van der Waals surface area (Å²) >= 11 is 0. The molecule has 25 heavy (non-hydrogen) atoms. The molecule has 1 heterocycles. The molecule has 0 aliphatic carbocycles. The first kappa shape index (κ1) is 17.3. The Balaban J connectivity index is 1.69. The smallest absolute Gasteiger partial charge is 0.224 e. The molecule has 3 nitrogen and oxygen atoms in total. The van der Waals surface area contributed by atoms with Crippen molar-refractivity contribution in [3.8, 4) is 0 Å². The molecular formula is C22H26N2O. The predicted molar refractivity (Wildman–Crippen MR) is 104 cm³/mol. The molecule has 0 aliphatic rings. The SMILES string of the molecule is Cc1cccc(C(C)(C)CNC(=O)Cc2c(C)[nH]c3ccccc23)c1. The van der Waals surface area contributed by atoms with Gasteiger partial charge in [0.25, 0.3) is 0 Å². The minimum Gasteiger partial charge on any atom is -0.358 e. The van der Waals surface area contributed by atoms with Gasteiger partial charge in [-0.2, -0.15) is 0 Å². The number of H-pyrrole nitrogens is 1. The van der Waals surface area contributed by atoms with Crippen LogP contribution in [0.1, 0.15) is 36.2 Å². The summed E-state index contributed by atoms with van der Waals surface area (Å²) in [7, 11) is 0. The number of aromatic nitrogens is 1. The maximum absolute atomic E-state index is 12.5. The molecule has 1 aromatic heterocycles. The van der Waals surface area contributed by atoms with E-state index in [0.717, 1.165) is 22.2 Å². The number of nitrogens with one attached hydrogen (secondary N) is 2. The van der Waals surface area contributed by atoms with E-state index in [1.807, 2.05) is 25.1 Å². The van der Waals surface area contributed by atoms with Crippen molar-refractivity contribution in [2.24, 2.45) is 0 Å². The van der Waals surface area contributed by atoms with Gasteiger partial charge < -0.3 is 10.3 Å². The van der Waals surface area contributed by atoms with Crippen LogP contribution in [0.15, 0.2) is 48.5 Å². The van der Waals surface area contributed by atoms with Gasteiger partial charge in [-0.1, -0.05) is 61.9 Å². The van der Waals surface area contributed by atoms with E-state index >= 15 is 0 Å². The topological polar surface area (TPSA) is 44.9 Å². The quantitative estimate of drug-likeness (QED) is 0.713. The van der Waals surface area contributed by atoms with Crippen LogP contribution in [-0.4, -0.2) is 17.4 Å². The molecule has 0 bridgehead atoms. The third-order valence-electron chi connectivity index (χ3n) is 4.89. The molecule has 2 aromatic carbocycles. The fraction of sp³-hybridized carbons (Fsp3) is 0.318. The first-order valence-electron chi connectivity index (χ1n) is 8.77. The van der Waals surface area contributed by atoms with Crippen molar-refractivity contribution in [2.45, 2.75) is 39.5 Å². The van der Waals surface area contributed by atoms with Crippen LogP contribution < -0.4 is 5.32 Å². The highest BCUT2D eigenvalue weighted by Gasteiger charge is 2.22. The molecule has 0 spiro atoms. The molecule has 3 heteroatoms. The molecule has 130 valence electrons. The molecule has 0 saturated heterocycles. The normalized spacial score (nSPS) is 11.7. The highest BCUT2D eigenvalue weighted by atomic mass is 16.1. The molecule has 2 N–H and O–H groups in total. The summed E-state index contributed by atoms with van der Waals surface area (Å²) in [6, 6.07) is 16.6. The fourth-order valence-corrected chi connectivity index (χ4v) is 3.27. The van der Waals surface area contributed by atoms with Crippen molar-refractivity contribution >= 4 is 16.8 Å². The Kier molecular flexibility index (Phi) is 4.67. The van der Waals surface area contributed by atoms with Crippen LogP contribution in [0.2, 0.25) is 0 Å². The summed E-state index contributed by atoms with van der Waals surface area (Å²) in [6.07, 6.45) is 0.403. The number of hydrogen-bond donors (Lipinski definition) is 2. The van der Waals surface area contributed by atoms with E-state index in [-0.39, 0.29) is 11.3 Å². The molecule has 0 unspecified atom stereocenters. The number of carbonyl (C=O) groups is 1. The van der Waals surface area contributed by atoms with Crippen LogP contribution in [0.5, 0.6) is 0 Å². The summed E-state index contributed by atoms with van der Waals surface area (Å²) in [6.45, 7) is 9.08. The minimum absolute atomic E-state index is 0.0635. The summed E-state index contributed by atoms with van der Waals surface area (Å²) < 4.78 is 0. The van der Waals surface area contributed by atoms with Gasteiger partial charge in [0.05, 0.1) is 6.42 Å². The zero-order valence-corrected chi connectivity index (χ0v) is 15.4. The van der Waals surface area contributed by atoms with Crippen LogP contribution >= 0.6 is 0 Å². The lowest BCUT2D eigenvalue weighted by atomic mass is 9.84. The van der Waals surface area contributed by atoms with E-state index in [1.54, 1.807) is 0 Å². The van der Waals surface area contributed by atoms with Gasteiger partial charge >= 0.3 is 0 Å². The Labute approximate surface area is 149 Å². The molecular weight excluding hydrogens is 308 g/mol. The average Bonchev–Trinajstić information content (AvgIpc) is 2.89. The third-order valence-corrected chi connectivity index (χ3v) is 4.89. The highest BCUT2D eigenvalue weighted by molar-refractivity contribution is 5.90. The minimum atomic E-state index is -0.100. The monoisotopic (exact) mass is 334 g/mol. The fourth-order valence-electron chi connectivity index (χ4n) is 3.27. The van der Waals surface area contributed by atoms with Crippen molar-refractivity contribution in [2.75, 3.05) is 6.54 Å². The van der Waals surface area contributed by atoms with Crippen molar-refractivity contribution in [1.29, 1.82) is 0 Å². The number of fused-ring (bicyclic) bond motifs is 1. The largest absolute Gasteiger partial charge is 0.358 e. The molecule has 0 saturated carbocycles. The molecule has 0 radical (unpaired) electrons. The van der Waals surface area contributed by atoms with Crippen molar-refractivity contribution < 1.29 is 4.79 Å². The van der Waals surface area contributed by atoms with Gasteiger partial charge in [-0.3, -0.25) is 4.79 Å². The maximum Gasteiger partial charge on any atom is 0.224 e. The van der Waals surface area contributed by atoms with E-state index in [9.17, 15) is 4.79 Å². The van der Waals surface area contributed by atoms with Crippen LogP contribution in [0.4, 0.5) is 0 Å². The highest BCUT2D eigenvalue weighted by Crippen LogP contribution is 2.24. The van der Waals surface area contributed by atoms with Crippen LogP contribution in [0.25, 0.3) is 10.9 Å². The summed E-state index contributed by atoms with van der Waals surface area (Å²) in [5.41, 5.74) is 5.62. The van der Waals surface area contributed by atoms with E-state index in [0.29, 0.717) is 13.0 Å². The zero-order chi connectivity index (χ0) is 18.0. The number of aryl methyl sites for hydroxylation is 2. The molecule has 0 aliphatic heterocycles. The lowest BCUT2D eigenvalue weighted by Crippen LogP contribution is -2.37. The van der Waals surface area contributed by atoms with Gasteiger partial charge in [0.15, 0.2) is 0 Å². The lowest BCUT2D eigenvalue weighted by Gasteiger charge is -2.26. The Morgan fingerprint density at radius 3 is 2.60 bits per heavy atom. The van der Waals surface area contributed by atoms with Crippen LogP contribution in [-0.2, 0) is 16.6 Å². The predicted octanol–water partition coefficient (Wildman–Crippen LogP) is 4.42. The number of para-hydroxylation sites is 1. The van der Waals surface area contributed by atoms with Crippen LogP contribution in [0.3, 0.4) is 0 Å². The molecule has 0 atom stereocenters. The number of aromatic amines is 1. The molecule has 1 amide bonds. The van der Waals surface area contributed by atoms with Gasteiger partial charge in [-0.25, -0.2) is 0 Å². The number of hydrogen-bond acceptors (Lipinski definition) is 1. The Morgan fingerprint density at radius 1 is 1.08 bits per heavy atom. The lowest BCUT2D eigenvalue weighted by molar-refractivity contribution is -0.120. The third kappa shape index (κ3) is 3.76. The van der Waals surface area contributed by atoms with E-state index < -0.39 is 0 Å². The second-order valence-electron chi connectivity index (χ2n) is 7.48. The molecule has 0 fully saturated rings. The summed E-state index contributed by atoms with van der Waals surface area (Å²) in [4.78, 5) is 15.9. The van der Waals surface area contributed by atoms with Crippen molar-refractivity contribution in [3.05, 3.63) is 70.9 Å². The Hall–Kier alpha value is -2.55. The average molecular weight is 334 g/mol. The van der Waals surface area contributed by atoms with Gasteiger partial charge in [-0.05, 0) is 31.0 Å². The van der Waals surface area contributed by atoms with Crippen LogP contribution in [0, 0.1) is 13.8 Å². The Morgan fingerprint density at radius 2 is 1.84 bits per heavy atom. The Bertz CT molecular complexity index is 905. The van der Waals surface area contributed by atoms with Crippen molar-refractivity contribution in [3.63, 3.8) is 0 Å². The second kappa shape index (κ2) is 6.75. The van der Waals surface area contributed by atoms with Crippen molar-refractivity contribution in [1.82, 2.24) is 10.3 Å². The zero-order valence-electron chi connectivity index (χ0n) is 15.4. The number of carbonyl (C=O) groups excluding carboxylic acids is 1. The summed E-state index contributed by atoms with van der Waals surface area (Å²) in [5, 5.41) is 4.25. The number of amides is 1. The molecule has 3 rings (SSSR count). The number of benzene rings is 2. The van der Waals surface area contributed by atoms with E-state index in [1.165, 1.54) is 11.1 Å². The van der Waals surface area contributed by atoms with Gasteiger partial charge in [0.2, 0.25) is 5.91 Å². The van der Waals surface area contributed by atoms with Gasteiger partial charge in [-0.15, -0.1) is 0 Å². The standard InChI is InChI=1S/C22H26N2O/c1-15-8-7-9-17(12-15)22(3,4)14-23-21(25)13-19-16(2)24-20-11-6-5-10-18(19)20/h5-12,24H,13-14H2,1-4H3,(H,23,25). The molecule has 3 aromatic rings. The first-order chi connectivity index (χ1) is 11.9. The summed E-state index contributed by atoms with van der Waals surface area (Å²) in [5.74, 6) is 0.0635.